The van der Waals surface area contributed by atoms with E-state index in [0.717, 1.165) is 0 Å². The van der Waals surface area contributed by atoms with Gasteiger partial charge in [-0.3, -0.25) is 0 Å². The quantitative estimate of drug-likeness (QED) is 0.506. The minimum absolute atomic E-state index is 0.0449. The summed E-state index contributed by atoms with van der Waals surface area (Å²) < 4.78 is 22.5. The molecule has 0 aromatic rings. The minimum atomic E-state index is -0.566. The van der Waals surface area contributed by atoms with Crippen molar-refractivity contribution in [3.63, 3.8) is 0 Å². The molecule has 0 fully saturated rings. The molecule has 0 aromatic heterocycles. The van der Waals surface area contributed by atoms with Gasteiger partial charge < -0.3 is 18.9 Å². The molecule has 0 saturated heterocycles. The second-order valence-corrected chi connectivity index (χ2v) is 5.69. The zero-order valence-corrected chi connectivity index (χ0v) is 14.1. The van der Waals surface area contributed by atoms with Crippen LogP contribution in [0.2, 0.25) is 0 Å². The van der Waals surface area contributed by atoms with E-state index in [0.29, 0.717) is 0 Å². The topological polar surface area (TPSA) is 36.9 Å². The number of hydrogen-bond donors (Lipinski definition) is 0. The highest BCUT2D eigenvalue weighted by Crippen LogP contribution is 2.06. The SMILES string of the molecule is CC(C)OC(C#CC(OC(C)C)OC(C)C)OC(C)C. The van der Waals surface area contributed by atoms with Crippen LogP contribution in [0.25, 0.3) is 0 Å². The summed E-state index contributed by atoms with van der Waals surface area (Å²) in [5, 5.41) is 0. The van der Waals surface area contributed by atoms with Gasteiger partial charge in [0.05, 0.1) is 24.4 Å². The minimum Gasteiger partial charge on any atom is -0.339 e. The molecular formula is C16H30O4. The lowest BCUT2D eigenvalue weighted by molar-refractivity contribution is -0.153. The number of ether oxygens (including phenoxy) is 4. The van der Waals surface area contributed by atoms with Gasteiger partial charge in [0.15, 0.2) is 0 Å². The highest BCUT2D eigenvalue weighted by Gasteiger charge is 2.13. The van der Waals surface area contributed by atoms with Gasteiger partial charge in [0, 0.05) is 0 Å². The summed E-state index contributed by atoms with van der Waals surface area (Å²) in [5.41, 5.74) is 0. The first-order chi connectivity index (χ1) is 9.20. The molecule has 0 rings (SSSR count). The molecular weight excluding hydrogens is 256 g/mol. The Morgan fingerprint density at radius 3 is 0.800 bits per heavy atom. The molecule has 20 heavy (non-hydrogen) atoms. The molecule has 0 radical (unpaired) electrons. The van der Waals surface area contributed by atoms with Crippen molar-refractivity contribution in [2.45, 2.75) is 92.4 Å². The lowest BCUT2D eigenvalue weighted by Gasteiger charge is -2.20. The van der Waals surface area contributed by atoms with Crippen molar-refractivity contribution in [1.82, 2.24) is 0 Å². The largest absolute Gasteiger partial charge is 0.339 e. The van der Waals surface area contributed by atoms with Crippen molar-refractivity contribution in [2.24, 2.45) is 0 Å². The molecule has 4 heteroatoms. The third-order valence-corrected chi connectivity index (χ3v) is 1.90. The van der Waals surface area contributed by atoms with E-state index in [1.54, 1.807) is 0 Å². The fourth-order valence-electron chi connectivity index (χ4n) is 1.33. The molecule has 0 atom stereocenters. The fraction of sp³-hybridized carbons (Fsp3) is 0.875. The molecule has 0 aliphatic heterocycles. The van der Waals surface area contributed by atoms with Gasteiger partial charge in [0.2, 0.25) is 12.6 Å². The number of rotatable bonds is 8. The molecule has 0 heterocycles. The molecule has 0 aliphatic carbocycles. The van der Waals surface area contributed by atoms with Crippen LogP contribution in [0.3, 0.4) is 0 Å². The molecule has 0 spiro atoms. The van der Waals surface area contributed by atoms with Crippen molar-refractivity contribution in [3.05, 3.63) is 0 Å². The van der Waals surface area contributed by atoms with E-state index in [-0.39, 0.29) is 24.4 Å². The van der Waals surface area contributed by atoms with Gasteiger partial charge in [0.25, 0.3) is 0 Å². The molecule has 0 saturated carbocycles. The predicted molar refractivity (Wildman–Crippen MR) is 80.2 cm³/mol. The van der Waals surface area contributed by atoms with Crippen LogP contribution in [0.15, 0.2) is 0 Å². The lowest BCUT2D eigenvalue weighted by atomic mass is 10.4. The first-order valence-corrected chi connectivity index (χ1v) is 7.33. The van der Waals surface area contributed by atoms with Gasteiger partial charge in [0.1, 0.15) is 0 Å². The molecule has 0 aromatic carbocycles. The van der Waals surface area contributed by atoms with Crippen molar-refractivity contribution >= 4 is 0 Å². The lowest BCUT2D eigenvalue weighted by Crippen LogP contribution is -2.26. The highest BCUT2D eigenvalue weighted by atomic mass is 16.7. The van der Waals surface area contributed by atoms with Crippen LogP contribution in [0, 0.1) is 11.8 Å². The van der Waals surface area contributed by atoms with Gasteiger partial charge in [-0.2, -0.15) is 0 Å². The zero-order valence-electron chi connectivity index (χ0n) is 14.1. The Balaban J connectivity index is 4.74. The Bertz CT molecular complexity index is 251. The van der Waals surface area contributed by atoms with Crippen LogP contribution < -0.4 is 0 Å². The van der Waals surface area contributed by atoms with E-state index in [1.807, 2.05) is 55.4 Å². The van der Waals surface area contributed by atoms with Gasteiger partial charge in [-0.25, -0.2) is 0 Å². The second kappa shape index (κ2) is 10.2. The average Bonchev–Trinajstić information content (AvgIpc) is 2.22. The number of hydrogen-bond acceptors (Lipinski definition) is 4. The summed E-state index contributed by atoms with van der Waals surface area (Å²) in [6.45, 7) is 15.6. The second-order valence-electron chi connectivity index (χ2n) is 5.69. The molecule has 0 aliphatic rings. The zero-order chi connectivity index (χ0) is 15.7. The van der Waals surface area contributed by atoms with E-state index >= 15 is 0 Å². The maximum Gasteiger partial charge on any atom is 0.223 e. The third-order valence-electron chi connectivity index (χ3n) is 1.90. The van der Waals surface area contributed by atoms with Gasteiger partial charge in [-0.1, -0.05) is 0 Å². The van der Waals surface area contributed by atoms with E-state index in [4.69, 9.17) is 18.9 Å². The summed E-state index contributed by atoms with van der Waals surface area (Å²) in [4.78, 5) is 0. The third kappa shape index (κ3) is 11.2. The van der Waals surface area contributed by atoms with Crippen LogP contribution in [0.5, 0.6) is 0 Å². The summed E-state index contributed by atoms with van der Waals surface area (Å²) in [6, 6.07) is 0. The smallest absolute Gasteiger partial charge is 0.223 e. The monoisotopic (exact) mass is 286 g/mol. The Morgan fingerprint density at radius 1 is 0.450 bits per heavy atom. The predicted octanol–water partition coefficient (Wildman–Crippen LogP) is 3.34. The van der Waals surface area contributed by atoms with Crippen LogP contribution in [0.1, 0.15) is 55.4 Å². The fourth-order valence-corrected chi connectivity index (χ4v) is 1.33. The summed E-state index contributed by atoms with van der Waals surface area (Å²) >= 11 is 0. The first-order valence-electron chi connectivity index (χ1n) is 7.33. The molecule has 0 amide bonds. The summed E-state index contributed by atoms with van der Waals surface area (Å²) in [7, 11) is 0. The van der Waals surface area contributed by atoms with Crippen LogP contribution >= 0.6 is 0 Å². The Hall–Kier alpha value is -0.600. The summed E-state index contributed by atoms with van der Waals surface area (Å²) in [5.74, 6) is 5.90. The van der Waals surface area contributed by atoms with Crippen molar-refractivity contribution < 1.29 is 18.9 Å². The van der Waals surface area contributed by atoms with E-state index in [2.05, 4.69) is 11.8 Å². The average molecular weight is 286 g/mol. The molecule has 118 valence electrons. The van der Waals surface area contributed by atoms with Crippen molar-refractivity contribution in [1.29, 1.82) is 0 Å². The van der Waals surface area contributed by atoms with E-state index < -0.39 is 12.6 Å². The van der Waals surface area contributed by atoms with Crippen LogP contribution in [0.4, 0.5) is 0 Å². The molecule has 4 nitrogen and oxygen atoms in total. The highest BCUT2D eigenvalue weighted by molar-refractivity contribution is 5.05. The Kier molecular flexibility index (Phi) is 9.87. The van der Waals surface area contributed by atoms with Gasteiger partial charge >= 0.3 is 0 Å². The van der Waals surface area contributed by atoms with Gasteiger partial charge in [-0.15, -0.1) is 0 Å². The van der Waals surface area contributed by atoms with Gasteiger partial charge in [-0.05, 0) is 67.2 Å². The van der Waals surface area contributed by atoms with Crippen LogP contribution in [-0.2, 0) is 18.9 Å². The molecule has 0 bridgehead atoms. The maximum atomic E-state index is 5.61. The van der Waals surface area contributed by atoms with Crippen LogP contribution in [-0.4, -0.2) is 37.0 Å². The Morgan fingerprint density at radius 2 is 0.650 bits per heavy atom. The van der Waals surface area contributed by atoms with E-state index in [9.17, 15) is 0 Å². The summed E-state index contributed by atoms with van der Waals surface area (Å²) in [6.07, 6.45) is -0.952. The van der Waals surface area contributed by atoms with E-state index in [1.165, 1.54) is 0 Å². The Labute approximate surface area is 124 Å². The van der Waals surface area contributed by atoms with Crippen molar-refractivity contribution in [3.8, 4) is 11.8 Å². The first kappa shape index (κ1) is 19.4. The maximum absolute atomic E-state index is 5.61. The molecule has 0 N–H and O–H groups in total. The molecule has 0 unspecified atom stereocenters. The normalized spacial score (nSPS) is 12.1. The van der Waals surface area contributed by atoms with Crippen molar-refractivity contribution in [2.75, 3.05) is 0 Å². The standard InChI is InChI=1S/C16H30O4/c1-11(2)17-15(18-12(3)4)9-10-16(19-13(5)6)20-14(7)8/h11-16H,1-8H3.